The lowest BCUT2D eigenvalue weighted by molar-refractivity contribution is 0.134. The predicted octanol–water partition coefficient (Wildman–Crippen LogP) is 3.48. The van der Waals surface area contributed by atoms with Crippen molar-refractivity contribution in [3.63, 3.8) is 0 Å². The molecule has 2 atom stereocenters. The number of nitrogens with one attached hydrogen (secondary N) is 2. The summed E-state index contributed by atoms with van der Waals surface area (Å²) in [6.45, 7) is 5.18. The quantitative estimate of drug-likeness (QED) is 0.346. The first kappa shape index (κ1) is 24.4. The maximum Gasteiger partial charge on any atom is 0.191 e. The zero-order chi connectivity index (χ0) is 20.6. The van der Waals surface area contributed by atoms with Crippen LogP contribution in [-0.2, 0) is 13.1 Å². The minimum Gasteiger partial charge on any atom is -0.363 e. The average Bonchev–Trinajstić information content (AvgIpc) is 2.74. The van der Waals surface area contributed by atoms with Gasteiger partial charge in [0.15, 0.2) is 5.96 Å². The van der Waals surface area contributed by atoms with Crippen molar-refractivity contribution in [3.8, 4) is 0 Å². The first-order valence-electron chi connectivity index (χ1n) is 10.4. The summed E-state index contributed by atoms with van der Waals surface area (Å²) in [7, 11) is 5.85. The van der Waals surface area contributed by atoms with Gasteiger partial charge < -0.3 is 15.5 Å². The van der Waals surface area contributed by atoms with Crippen molar-refractivity contribution in [2.45, 2.75) is 44.9 Å². The van der Waals surface area contributed by atoms with Gasteiger partial charge in [-0.1, -0.05) is 30.3 Å². The van der Waals surface area contributed by atoms with Crippen molar-refractivity contribution in [1.29, 1.82) is 0 Å². The standard InChI is InChI=1S/C23H34N6.HI/c1-18-14-21(11-13-29(18)17-19-8-6-5-7-9-19)27-23(24-2)26-16-20-10-12-25-22(15-20)28(3)4;/h5-10,12,15,18,21H,11,13-14,16-17H2,1-4H3,(H2,24,26,27);1H. The van der Waals surface area contributed by atoms with E-state index in [1.54, 1.807) is 0 Å². The van der Waals surface area contributed by atoms with Crippen molar-refractivity contribution in [3.05, 3.63) is 59.8 Å². The Kier molecular flexibility index (Phi) is 9.84. The Hall–Kier alpha value is -1.87. The number of likely N-dealkylation sites (tertiary alicyclic amines) is 1. The Bertz CT molecular complexity index is 795. The summed E-state index contributed by atoms with van der Waals surface area (Å²) in [6.07, 6.45) is 4.10. The highest BCUT2D eigenvalue weighted by Gasteiger charge is 2.25. The lowest BCUT2D eigenvalue weighted by Gasteiger charge is -2.38. The predicted molar refractivity (Wildman–Crippen MR) is 137 cm³/mol. The van der Waals surface area contributed by atoms with E-state index >= 15 is 0 Å². The molecule has 30 heavy (non-hydrogen) atoms. The fraction of sp³-hybridized carbons (Fsp3) is 0.478. The normalized spacial score (nSPS) is 19.7. The molecule has 0 saturated carbocycles. The molecular weight excluding hydrogens is 487 g/mol. The molecule has 0 amide bonds. The van der Waals surface area contributed by atoms with Crippen molar-refractivity contribution in [2.24, 2.45) is 4.99 Å². The van der Waals surface area contributed by atoms with Crippen LogP contribution < -0.4 is 15.5 Å². The third-order valence-corrected chi connectivity index (χ3v) is 5.53. The van der Waals surface area contributed by atoms with E-state index in [4.69, 9.17) is 0 Å². The zero-order valence-corrected chi connectivity index (χ0v) is 20.8. The molecule has 1 aromatic heterocycles. The average molecular weight is 522 g/mol. The summed E-state index contributed by atoms with van der Waals surface area (Å²) in [5.74, 6) is 1.83. The molecule has 0 aliphatic carbocycles. The first-order valence-corrected chi connectivity index (χ1v) is 10.4. The molecule has 1 aliphatic rings. The van der Waals surface area contributed by atoms with Crippen molar-refractivity contribution >= 4 is 35.8 Å². The summed E-state index contributed by atoms with van der Waals surface area (Å²) >= 11 is 0. The number of piperidine rings is 1. The van der Waals surface area contributed by atoms with Crippen LogP contribution in [0.3, 0.4) is 0 Å². The number of hydrogen-bond acceptors (Lipinski definition) is 4. The van der Waals surface area contributed by atoms with E-state index in [1.807, 2.05) is 38.3 Å². The summed E-state index contributed by atoms with van der Waals surface area (Å²) in [6, 6.07) is 15.9. The van der Waals surface area contributed by atoms with E-state index in [2.05, 4.69) is 68.8 Å². The number of rotatable bonds is 6. The molecule has 0 bridgehead atoms. The number of halogens is 1. The Labute approximate surface area is 198 Å². The number of nitrogens with zero attached hydrogens (tertiary/aromatic N) is 4. The van der Waals surface area contributed by atoms with Gasteiger partial charge in [0.2, 0.25) is 0 Å². The smallest absolute Gasteiger partial charge is 0.191 e. The number of hydrogen-bond donors (Lipinski definition) is 2. The van der Waals surface area contributed by atoms with Gasteiger partial charge in [-0.05, 0) is 43.0 Å². The highest BCUT2D eigenvalue weighted by Crippen LogP contribution is 2.20. The molecular formula is C23H35IN6. The molecule has 7 heteroatoms. The van der Waals surface area contributed by atoms with Crippen LogP contribution in [0.2, 0.25) is 0 Å². The van der Waals surface area contributed by atoms with Crippen LogP contribution in [-0.4, -0.2) is 55.6 Å². The van der Waals surface area contributed by atoms with Crippen LogP contribution in [0, 0.1) is 0 Å². The van der Waals surface area contributed by atoms with Crippen LogP contribution in [0.5, 0.6) is 0 Å². The lowest BCUT2D eigenvalue weighted by atomic mass is 9.97. The van der Waals surface area contributed by atoms with Gasteiger partial charge in [0, 0.05) is 59.1 Å². The van der Waals surface area contributed by atoms with Crippen molar-refractivity contribution in [2.75, 3.05) is 32.6 Å². The fourth-order valence-corrected chi connectivity index (χ4v) is 3.79. The number of anilines is 1. The van der Waals surface area contributed by atoms with Gasteiger partial charge in [0.1, 0.15) is 5.82 Å². The van der Waals surface area contributed by atoms with Crippen molar-refractivity contribution in [1.82, 2.24) is 20.5 Å². The van der Waals surface area contributed by atoms with Gasteiger partial charge in [0.25, 0.3) is 0 Å². The van der Waals surface area contributed by atoms with E-state index < -0.39 is 0 Å². The van der Waals surface area contributed by atoms with Crippen molar-refractivity contribution < 1.29 is 0 Å². The maximum absolute atomic E-state index is 4.42. The summed E-state index contributed by atoms with van der Waals surface area (Å²) in [5, 5.41) is 7.06. The highest BCUT2D eigenvalue weighted by molar-refractivity contribution is 14.0. The lowest BCUT2D eigenvalue weighted by Crippen LogP contribution is -2.51. The third kappa shape index (κ3) is 7.12. The van der Waals surface area contributed by atoms with E-state index in [0.717, 1.165) is 44.3 Å². The fourth-order valence-electron chi connectivity index (χ4n) is 3.79. The Morgan fingerprint density at radius 1 is 1.20 bits per heavy atom. The monoisotopic (exact) mass is 522 g/mol. The second-order valence-electron chi connectivity index (χ2n) is 8.01. The van der Waals surface area contributed by atoms with E-state index in [9.17, 15) is 0 Å². The highest BCUT2D eigenvalue weighted by atomic mass is 127. The molecule has 2 unspecified atom stereocenters. The molecule has 6 nitrogen and oxygen atoms in total. The molecule has 164 valence electrons. The number of pyridine rings is 1. The minimum absolute atomic E-state index is 0. The molecule has 0 radical (unpaired) electrons. The zero-order valence-electron chi connectivity index (χ0n) is 18.5. The maximum atomic E-state index is 4.42. The van der Waals surface area contributed by atoms with Crippen LogP contribution in [0.1, 0.15) is 30.9 Å². The van der Waals surface area contributed by atoms with Crippen LogP contribution in [0.25, 0.3) is 0 Å². The Morgan fingerprint density at radius 3 is 2.63 bits per heavy atom. The van der Waals surface area contributed by atoms with Crippen LogP contribution >= 0.6 is 24.0 Å². The van der Waals surface area contributed by atoms with Gasteiger partial charge in [-0.15, -0.1) is 24.0 Å². The molecule has 1 saturated heterocycles. The minimum atomic E-state index is 0. The largest absolute Gasteiger partial charge is 0.363 e. The topological polar surface area (TPSA) is 55.8 Å². The van der Waals surface area contributed by atoms with Gasteiger partial charge in [-0.3, -0.25) is 9.89 Å². The van der Waals surface area contributed by atoms with E-state index in [1.165, 1.54) is 11.1 Å². The molecule has 0 spiro atoms. The van der Waals surface area contributed by atoms with Gasteiger partial charge >= 0.3 is 0 Å². The SMILES string of the molecule is CN=C(NCc1ccnc(N(C)C)c1)NC1CCN(Cc2ccccc2)C(C)C1.I. The summed E-state index contributed by atoms with van der Waals surface area (Å²) in [5.41, 5.74) is 2.58. The molecule has 1 aromatic carbocycles. The van der Waals surface area contributed by atoms with Gasteiger partial charge in [0.05, 0.1) is 0 Å². The second-order valence-corrected chi connectivity index (χ2v) is 8.01. The molecule has 2 heterocycles. The van der Waals surface area contributed by atoms with Crippen LogP contribution in [0.4, 0.5) is 5.82 Å². The number of aromatic nitrogens is 1. The molecule has 2 N–H and O–H groups in total. The molecule has 1 fully saturated rings. The Balaban J connectivity index is 0.00000320. The van der Waals surface area contributed by atoms with Crippen LogP contribution in [0.15, 0.2) is 53.7 Å². The summed E-state index contributed by atoms with van der Waals surface area (Å²) < 4.78 is 0. The van der Waals surface area contributed by atoms with E-state index in [-0.39, 0.29) is 24.0 Å². The number of benzene rings is 1. The number of guanidine groups is 1. The first-order chi connectivity index (χ1) is 14.0. The molecule has 2 aromatic rings. The second kappa shape index (κ2) is 12.1. The third-order valence-electron chi connectivity index (χ3n) is 5.53. The molecule has 1 aliphatic heterocycles. The summed E-state index contributed by atoms with van der Waals surface area (Å²) in [4.78, 5) is 13.4. The van der Waals surface area contributed by atoms with Gasteiger partial charge in [-0.25, -0.2) is 4.98 Å². The number of aliphatic imine (C=N–C) groups is 1. The van der Waals surface area contributed by atoms with Gasteiger partial charge in [-0.2, -0.15) is 0 Å². The Morgan fingerprint density at radius 2 is 1.97 bits per heavy atom. The molecule has 3 rings (SSSR count). The van der Waals surface area contributed by atoms with E-state index in [0.29, 0.717) is 12.1 Å².